The molecule has 0 amide bonds. The van der Waals surface area contributed by atoms with E-state index in [0.29, 0.717) is 24.7 Å². The Bertz CT molecular complexity index is 823. The zero-order valence-corrected chi connectivity index (χ0v) is 13.6. The van der Waals surface area contributed by atoms with Crippen LogP contribution < -0.4 is 17.0 Å². The van der Waals surface area contributed by atoms with Gasteiger partial charge in [0.15, 0.2) is 5.78 Å². The number of carbonyl (C=O) groups excluding carboxylic acids is 1. The number of nitrogen functional groups attached to an aromatic ring is 1. The van der Waals surface area contributed by atoms with Crippen molar-refractivity contribution in [1.29, 1.82) is 0 Å². The zero-order chi connectivity index (χ0) is 17.0. The number of nitrogens with two attached hydrogens (primary N) is 1. The van der Waals surface area contributed by atoms with Crippen LogP contribution in [0.4, 0.5) is 5.82 Å². The molecular formula is C12H17N7O3S. The summed E-state index contributed by atoms with van der Waals surface area (Å²) < 4.78 is 2.72. The van der Waals surface area contributed by atoms with Gasteiger partial charge in [-0.15, -0.1) is 5.10 Å². The van der Waals surface area contributed by atoms with Crippen LogP contribution in [0.15, 0.2) is 14.7 Å². The van der Waals surface area contributed by atoms with E-state index < -0.39 is 17.0 Å². The molecule has 0 unspecified atom stereocenters. The minimum atomic E-state index is -0.777. The van der Waals surface area contributed by atoms with Crippen LogP contribution in [-0.4, -0.2) is 41.3 Å². The van der Waals surface area contributed by atoms with Gasteiger partial charge in [0.05, 0.1) is 5.75 Å². The van der Waals surface area contributed by atoms with E-state index in [-0.39, 0.29) is 17.1 Å². The third-order valence-corrected chi connectivity index (χ3v) is 4.05. The molecule has 11 heteroatoms. The number of ketones is 1. The van der Waals surface area contributed by atoms with Gasteiger partial charge in [-0.25, -0.2) is 9.48 Å². The van der Waals surface area contributed by atoms with Gasteiger partial charge in [0.25, 0.3) is 5.56 Å². The lowest BCUT2D eigenvalue weighted by Gasteiger charge is -2.10. The van der Waals surface area contributed by atoms with Gasteiger partial charge in [-0.05, 0) is 23.8 Å². The summed E-state index contributed by atoms with van der Waals surface area (Å²) in [5.41, 5.74) is 4.24. The van der Waals surface area contributed by atoms with E-state index >= 15 is 0 Å². The summed E-state index contributed by atoms with van der Waals surface area (Å²) >= 11 is 1.10. The topological polar surface area (TPSA) is 142 Å². The lowest BCUT2D eigenvalue weighted by Crippen LogP contribution is -2.36. The molecular weight excluding hydrogens is 322 g/mol. The Balaban J connectivity index is 2.27. The van der Waals surface area contributed by atoms with Crippen molar-refractivity contribution in [2.75, 3.05) is 11.5 Å². The number of anilines is 1. The normalized spacial score (nSPS) is 10.9. The largest absolute Gasteiger partial charge is 0.384 e. The molecule has 0 atom stereocenters. The van der Waals surface area contributed by atoms with Crippen LogP contribution in [0.2, 0.25) is 0 Å². The van der Waals surface area contributed by atoms with Gasteiger partial charge in [0.2, 0.25) is 5.16 Å². The molecule has 0 aliphatic rings. The second kappa shape index (κ2) is 7.22. The smallest absolute Gasteiger partial charge is 0.329 e. The van der Waals surface area contributed by atoms with Crippen molar-refractivity contribution in [2.45, 2.75) is 38.5 Å². The van der Waals surface area contributed by atoms with Crippen LogP contribution >= 0.6 is 11.8 Å². The molecule has 0 aromatic carbocycles. The molecule has 0 radical (unpaired) electrons. The summed E-state index contributed by atoms with van der Waals surface area (Å²) in [5.74, 6) is -0.650. The molecule has 0 aliphatic carbocycles. The number of hydrogen-bond acceptors (Lipinski definition) is 8. The molecule has 2 rings (SSSR count). The van der Waals surface area contributed by atoms with Gasteiger partial charge in [-0.3, -0.25) is 19.1 Å². The SMILES string of the molecule is CCCn1c(N)c(C(=O)CSc2nnnn2CC)c(=O)[nH]c1=O. The number of hydrogen-bond donors (Lipinski definition) is 2. The standard InChI is InChI=1S/C12H17N7O3S/c1-3-5-18-9(13)8(10(21)14-11(18)22)7(20)6-23-12-15-16-17-19(12)4-2/h3-6,13H2,1-2H3,(H,14,21,22). The van der Waals surface area contributed by atoms with Crippen LogP contribution in [0.3, 0.4) is 0 Å². The van der Waals surface area contributed by atoms with Crippen LogP contribution in [0.25, 0.3) is 0 Å². The molecule has 0 spiro atoms. The Hall–Kier alpha value is -2.43. The first-order chi connectivity index (χ1) is 11.0. The number of H-pyrrole nitrogens is 1. The number of nitrogens with zero attached hydrogens (tertiary/aromatic N) is 5. The monoisotopic (exact) mass is 339 g/mol. The van der Waals surface area contributed by atoms with Crippen LogP contribution in [0, 0.1) is 0 Å². The number of aromatic nitrogens is 6. The summed E-state index contributed by atoms with van der Waals surface area (Å²) in [7, 11) is 0. The van der Waals surface area contributed by atoms with E-state index in [9.17, 15) is 14.4 Å². The minimum absolute atomic E-state index is 0.0576. The third kappa shape index (κ3) is 3.50. The molecule has 0 aliphatic heterocycles. The Morgan fingerprint density at radius 2 is 2.09 bits per heavy atom. The van der Waals surface area contributed by atoms with Gasteiger partial charge in [0.1, 0.15) is 11.4 Å². The van der Waals surface area contributed by atoms with Crippen molar-refractivity contribution in [3.8, 4) is 0 Å². The predicted octanol–water partition coefficient (Wildman–Crippen LogP) is -0.490. The van der Waals surface area contributed by atoms with Gasteiger partial charge >= 0.3 is 5.69 Å². The van der Waals surface area contributed by atoms with E-state index in [2.05, 4.69) is 20.5 Å². The first-order valence-corrected chi connectivity index (χ1v) is 8.02. The van der Waals surface area contributed by atoms with Gasteiger partial charge in [0, 0.05) is 13.1 Å². The predicted molar refractivity (Wildman–Crippen MR) is 84.6 cm³/mol. The molecule has 10 nitrogen and oxygen atoms in total. The maximum Gasteiger partial charge on any atom is 0.329 e. The fraction of sp³-hybridized carbons (Fsp3) is 0.500. The highest BCUT2D eigenvalue weighted by molar-refractivity contribution is 7.99. The zero-order valence-electron chi connectivity index (χ0n) is 12.8. The molecule has 23 heavy (non-hydrogen) atoms. The van der Waals surface area contributed by atoms with Crippen molar-refractivity contribution in [3.05, 3.63) is 26.4 Å². The third-order valence-electron chi connectivity index (χ3n) is 3.10. The summed E-state index contributed by atoms with van der Waals surface area (Å²) in [6.07, 6.45) is 0.643. The Labute approximate surface area is 135 Å². The first-order valence-electron chi connectivity index (χ1n) is 7.04. The fourth-order valence-electron chi connectivity index (χ4n) is 2.00. The summed E-state index contributed by atoms with van der Waals surface area (Å²) in [6, 6.07) is 0. The van der Waals surface area contributed by atoms with Crippen molar-refractivity contribution in [2.24, 2.45) is 0 Å². The Kier molecular flexibility index (Phi) is 5.32. The van der Waals surface area contributed by atoms with Crippen LogP contribution in [0.5, 0.6) is 0 Å². The number of aryl methyl sites for hydroxylation is 1. The molecule has 0 saturated carbocycles. The van der Waals surface area contributed by atoms with E-state index in [1.807, 2.05) is 13.8 Å². The van der Waals surface area contributed by atoms with Crippen molar-refractivity contribution in [1.82, 2.24) is 29.8 Å². The lowest BCUT2D eigenvalue weighted by molar-refractivity contribution is 0.102. The molecule has 2 aromatic rings. The summed E-state index contributed by atoms with van der Waals surface area (Å²) in [4.78, 5) is 38.1. The number of nitrogens with one attached hydrogen (secondary N) is 1. The highest BCUT2D eigenvalue weighted by Gasteiger charge is 2.20. The molecule has 3 N–H and O–H groups in total. The minimum Gasteiger partial charge on any atom is -0.384 e. The van der Waals surface area contributed by atoms with Crippen molar-refractivity contribution >= 4 is 23.4 Å². The maximum atomic E-state index is 12.3. The fourth-order valence-corrected chi connectivity index (χ4v) is 2.82. The van der Waals surface area contributed by atoms with Crippen LogP contribution in [-0.2, 0) is 13.1 Å². The Morgan fingerprint density at radius 3 is 2.74 bits per heavy atom. The van der Waals surface area contributed by atoms with Gasteiger partial charge < -0.3 is 5.73 Å². The second-order valence-corrected chi connectivity index (χ2v) is 5.60. The lowest BCUT2D eigenvalue weighted by atomic mass is 10.2. The molecule has 0 fully saturated rings. The number of tetrazole rings is 1. The molecule has 0 saturated heterocycles. The van der Waals surface area contributed by atoms with E-state index in [4.69, 9.17) is 5.73 Å². The quantitative estimate of drug-likeness (QED) is 0.508. The maximum absolute atomic E-state index is 12.3. The number of carbonyl (C=O) groups is 1. The average Bonchev–Trinajstić information content (AvgIpc) is 2.96. The molecule has 2 aromatic heterocycles. The molecule has 0 bridgehead atoms. The first kappa shape index (κ1) is 16.9. The van der Waals surface area contributed by atoms with E-state index in [1.54, 1.807) is 0 Å². The van der Waals surface area contributed by atoms with Crippen LogP contribution in [0.1, 0.15) is 30.6 Å². The second-order valence-electron chi connectivity index (χ2n) is 4.66. The average molecular weight is 339 g/mol. The number of thioether (sulfide) groups is 1. The van der Waals surface area contributed by atoms with Crippen molar-refractivity contribution < 1.29 is 4.79 Å². The molecule has 2 heterocycles. The van der Waals surface area contributed by atoms with Gasteiger partial charge in [-0.2, -0.15) is 0 Å². The van der Waals surface area contributed by atoms with Crippen molar-refractivity contribution in [3.63, 3.8) is 0 Å². The highest BCUT2D eigenvalue weighted by atomic mass is 32.2. The van der Waals surface area contributed by atoms with E-state index in [0.717, 1.165) is 11.8 Å². The highest BCUT2D eigenvalue weighted by Crippen LogP contribution is 2.16. The number of aromatic amines is 1. The van der Waals surface area contributed by atoms with E-state index in [1.165, 1.54) is 9.25 Å². The number of Topliss-reactive ketones (excluding diaryl/α,β-unsaturated/α-hetero) is 1. The van der Waals surface area contributed by atoms with Gasteiger partial charge in [-0.1, -0.05) is 18.7 Å². The number of rotatable bonds is 7. The molecule has 124 valence electrons. The summed E-state index contributed by atoms with van der Waals surface area (Å²) in [6.45, 7) is 4.61. The Morgan fingerprint density at radius 1 is 1.35 bits per heavy atom. The summed E-state index contributed by atoms with van der Waals surface area (Å²) in [5, 5.41) is 11.5.